The average molecular weight is 342 g/mol. The van der Waals surface area contributed by atoms with Gasteiger partial charge in [-0.15, -0.1) is 0 Å². The first-order valence-corrected chi connectivity index (χ1v) is 7.75. The highest BCUT2D eigenvalue weighted by atomic mass is 35.5. The van der Waals surface area contributed by atoms with Crippen LogP contribution >= 0.6 is 11.6 Å². The number of amides is 1. The Hall–Kier alpha value is -2.79. The van der Waals surface area contributed by atoms with E-state index in [9.17, 15) is 4.79 Å². The monoisotopic (exact) mass is 341 g/mol. The van der Waals surface area contributed by atoms with E-state index in [0.29, 0.717) is 28.6 Å². The predicted octanol–water partition coefficient (Wildman–Crippen LogP) is 3.85. The van der Waals surface area contributed by atoms with Crippen molar-refractivity contribution in [1.82, 2.24) is 9.78 Å². The maximum atomic E-state index is 12.3. The third-order valence-corrected chi connectivity index (χ3v) is 3.86. The van der Waals surface area contributed by atoms with Gasteiger partial charge in [-0.2, -0.15) is 5.10 Å². The summed E-state index contributed by atoms with van der Waals surface area (Å²) in [6.07, 6.45) is 3.63. The number of hydrogen-bond donors (Lipinski definition) is 1. The van der Waals surface area contributed by atoms with Gasteiger partial charge in [0.15, 0.2) is 0 Å². The van der Waals surface area contributed by atoms with E-state index in [2.05, 4.69) is 10.4 Å². The number of carbonyl (C=O) groups is 1. The third-order valence-electron chi connectivity index (χ3n) is 3.54. The summed E-state index contributed by atoms with van der Waals surface area (Å²) < 4.78 is 6.92. The number of anilines is 1. The molecule has 1 aromatic heterocycles. The van der Waals surface area contributed by atoms with Crippen LogP contribution in [0, 0.1) is 0 Å². The highest BCUT2D eigenvalue weighted by Gasteiger charge is 2.09. The molecule has 0 spiro atoms. The molecule has 0 unspecified atom stereocenters. The van der Waals surface area contributed by atoms with Gasteiger partial charge in [0.2, 0.25) is 0 Å². The summed E-state index contributed by atoms with van der Waals surface area (Å²) in [5.74, 6) is 0.425. The topological polar surface area (TPSA) is 56.1 Å². The van der Waals surface area contributed by atoms with Crippen LogP contribution in [0.1, 0.15) is 15.9 Å². The normalized spacial score (nSPS) is 10.4. The molecule has 3 rings (SSSR count). The van der Waals surface area contributed by atoms with Crippen molar-refractivity contribution in [1.29, 1.82) is 0 Å². The van der Waals surface area contributed by atoms with Crippen LogP contribution in [-0.2, 0) is 6.54 Å². The van der Waals surface area contributed by atoms with Crippen LogP contribution in [0.2, 0.25) is 5.02 Å². The molecule has 0 saturated heterocycles. The van der Waals surface area contributed by atoms with E-state index in [4.69, 9.17) is 16.3 Å². The Morgan fingerprint density at radius 2 is 2.04 bits per heavy atom. The number of halogens is 1. The maximum Gasteiger partial charge on any atom is 0.255 e. The van der Waals surface area contributed by atoms with E-state index in [1.807, 2.05) is 29.1 Å². The van der Waals surface area contributed by atoms with Crippen molar-refractivity contribution in [3.8, 4) is 5.75 Å². The van der Waals surface area contributed by atoms with Gasteiger partial charge in [0.1, 0.15) is 5.75 Å². The molecule has 1 amide bonds. The first-order valence-electron chi connectivity index (χ1n) is 7.37. The number of rotatable bonds is 5. The fraction of sp³-hybridized carbons (Fsp3) is 0.111. The first kappa shape index (κ1) is 16.1. The van der Waals surface area contributed by atoms with Crippen LogP contribution in [0.3, 0.4) is 0 Å². The van der Waals surface area contributed by atoms with E-state index in [1.165, 1.54) is 0 Å². The number of benzene rings is 2. The molecule has 3 aromatic rings. The number of carbonyl (C=O) groups excluding carboxylic acids is 1. The average Bonchev–Trinajstić information content (AvgIpc) is 3.10. The fourth-order valence-electron chi connectivity index (χ4n) is 2.26. The SMILES string of the molecule is COc1ccc(NC(=O)c2ccc(Cn3cccn3)cc2)c(Cl)c1. The predicted molar refractivity (Wildman–Crippen MR) is 93.7 cm³/mol. The molecule has 24 heavy (non-hydrogen) atoms. The van der Waals surface area contributed by atoms with Gasteiger partial charge in [-0.25, -0.2) is 0 Å². The largest absolute Gasteiger partial charge is 0.497 e. The number of hydrogen-bond acceptors (Lipinski definition) is 3. The van der Waals surface area contributed by atoms with Gasteiger partial charge in [0, 0.05) is 24.0 Å². The minimum atomic E-state index is -0.215. The van der Waals surface area contributed by atoms with Crippen LogP contribution in [0.5, 0.6) is 5.75 Å². The van der Waals surface area contributed by atoms with Gasteiger partial charge in [-0.1, -0.05) is 23.7 Å². The van der Waals surface area contributed by atoms with Gasteiger partial charge in [0.05, 0.1) is 24.4 Å². The molecule has 122 valence electrons. The zero-order valence-corrected chi connectivity index (χ0v) is 13.8. The summed E-state index contributed by atoms with van der Waals surface area (Å²) >= 11 is 6.14. The smallest absolute Gasteiger partial charge is 0.255 e. The highest BCUT2D eigenvalue weighted by Crippen LogP contribution is 2.27. The van der Waals surface area contributed by atoms with Gasteiger partial charge < -0.3 is 10.1 Å². The lowest BCUT2D eigenvalue weighted by Gasteiger charge is -2.09. The molecular formula is C18H16ClN3O2. The van der Waals surface area contributed by atoms with E-state index < -0.39 is 0 Å². The Morgan fingerprint density at radius 1 is 1.25 bits per heavy atom. The molecule has 1 N–H and O–H groups in total. The first-order chi connectivity index (χ1) is 11.7. The van der Waals surface area contributed by atoms with Crippen molar-refractivity contribution in [2.75, 3.05) is 12.4 Å². The molecule has 0 aliphatic carbocycles. The Morgan fingerprint density at radius 3 is 2.67 bits per heavy atom. The second-order valence-electron chi connectivity index (χ2n) is 5.20. The molecule has 1 heterocycles. The summed E-state index contributed by atoms with van der Waals surface area (Å²) in [5, 5.41) is 7.39. The molecule has 0 aliphatic rings. The molecule has 0 saturated carbocycles. The summed E-state index contributed by atoms with van der Waals surface area (Å²) in [7, 11) is 1.56. The molecule has 5 nitrogen and oxygen atoms in total. The van der Waals surface area contributed by atoms with E-state index in [1.54, 1.807) is 43.6 Å². The van der Waals surface area contributed by atoms with Crippen molar-refractivity contribution in [3.05, 3.63) is 77.1 Å². The Bertz CT molecular complexity index is 830. The number of nitrogens with zero attached hydrogens (tertiary/aromatic N) is 2. The number of ether oxygens (including phenoxy) is 1. The number of aromatic nitrogens is 2. The minimum absolute atomic E-state index is 0.215. The van der Waals surface area contributed by atoms with Crippen molar-refractivity contribution in [2.24, 2.45) is 0 Å². The molecule has 6 heteroatoms. The van der Waals surface area contributed by atoms with E-state index >= 15 is 0 Å². The van der Waals surface area contributed by atoms with Gasteiger partial charge >= 0.3 is 0 Å². The molecular weight excluding hydrogens is 326 g/mol. The third kappa shape index (κ3) is 3.75. The van der Waals surface area contributed by atoms with Crippen molar-refractivity contribution >= 4 is 23.2 Å². The lowest BCUT2D eigenvalue weighted by Crippen LogP contribution is -2.12. The minimum Gasteiger partial charge on any atom is -0.497 e. The van der Waals surface area contributed by atoms with E-state index in [-0.39, 0.29) is 5.91 Å². The maximum absolute atomic E-state index is 12.3. The molecule has 2 aromatic carbocycles. The van der Waals surface area contributed by atoms with Crippen molar-refractivity contribution in [3.63, 3.8) is 0 Å². The summed E-state index contributed by atoms with van der Waals surface area (Å²) in [4.78, 5) is 12.3. The number of nitrogens with one attached hydrogen (secondary N) is 1. The van der Waals surface area contributed by atoms with Gasteiger partial charge in [-0.3, -0.25) is 9.48 Å². The standard InChI is InChI=1S/C18H16ClN3O2/c1-24-15-7-8-17(16(19)11-15)21-18(23)14-5-3-13(4-6-14)12-22-10-2-9-20-22/h2-11H,12H2,1H3,(H,21,23). The Labute approximate surface area is 144 Å². The zero-order chi connectivity index (χ0) is 16.9. The Kier molecular flexibility index (Phi) is 4.82. The quantitative estimate of drug-likeness (QED) is 0.767. The van der Waals surface area contributed by atoms with Gasteiger partial charge in [-0.05, 0) is 35.9 Å². The molecule has 0 radical (unpaired) electrons. The van der Waals surface area contributed by atoms with E-state index in [0.717, 1.165) is 5.56 Å². The molecule has 0 aliphatic heterocycles. The zero-order valence-electron chi connectivity index (χ0n) is 13.1. The second kappa shape index (κ2) is 7.19. The number of methoxy groups -OCH3 is 1. The molecule has 0 atom stereocenters. The lowest BCUT2D eigenvalue weighted by molar-refractivity contribution is 0.102. The summed E-state index contributed by atoms with van der Waals surface area (Å²) in [5.41, 5.74) is 2.17. The van der Waals surface area contributed by atoms with Crippen LogP contribution in [0.4, 0.5) is 5.69 Å². The summed E-state index contributed by atoms with van der Waals surface area (Å²) in [6, 6.07) is 14.4. The van der Waals surface area contributed by atoms with Crippen LogP contribution in [0.15, 0.2) is 60.9 Å². The van der Waals surface area contributed by atoms with Crippen LogP contribution in [0.25, 0.3) is 0 Å². The Balaban J connectivity index is 1.69. The van der Waals surface area contributed by atoms with Crippen molar-refractivity contribution < 1.29 is 9.53 Å². The highest BCUT2D eigenvalue weighted by molar-refractivity contribution is 6.34. The summed E-state index contributed by atoms with van der Waals surface area (Å²) in [6.45, 7) is 0.666. The van der Waals surface area contributed by atoms with Crippen LogP contribution in [-0.4, -0.2) is 22.8 Å². The molecule has 0 bridgehead atoms. The van der Waals surface area contributed by atoms with Crippen molar-refractivity contribution in [2.45, 2.75) is 6.54 Å². The lowest BCUT2D eigenvalue weighted by atomic mass is 10.1. The van der Waals surface area contributed by atoms with Crippen LogP contribution < -0.4 is 10.1 Å². The fourth-order valence-corrected chi connectivity index (χ4v) is 2.48. The second-order valence-corrected chi connectivity index (χ2v) is 5.61. The molecule has 0 fully saturated rings. The van der Waals surface area contributed by atoms with Gasteiger partial charge in [0.25, 0.3) is 5.91 Å².